The van der Waals surface area contributed by atoms with Crippen LogP contribution in [0.2, 0.25) is 0 Å². The Kier molecular flexibility index (Phi) is 6.46. The molecule has 3 N–H and O–H groups in total. The number of nitrogens with one attached hydrogen (secondary N) is 3. The van der Waals surface area contributed by atoms with Gasteiger partial charge in [-0.15, -0.1) is 18.3 Å². The monoisotopic (exact) mass is 401 g/mol. The van der Waals surface area contributed by atoms with E-state index in [2.05, 4.69) is 22.5 Å². The molecule has 2 heterocycles. The minimum atomic E-state index is -0.468. The number of hydrogen-bond donors (Lipinski definition) is 3. The third kappa shape index (κ3) is 3.95. The predicted octanol–water partition coefficient (Wildman–Crippen LogP) is 2.38. The molecule has 2 aliphatic heterocycles. The maximum absolute atomic E-state index is 13.1. The number of carbonyl (C=O) groups excluding carboxylic acids is 2. The lowest BCUT2D eigenvalue weighted by Gasteiger charge is -2.45. The standard InChI is InChI=1S/C21H27N3O3S/c1-5-11-28-21-23-18-17(19(25)24-21)16(14-10-8-7-9-12(14)3)15(13(4)22-18)20(26)27-6-2/h5,7-10,16-18,21-23H,1,6,11H2,2-4H3,(H,24,25). The molecule has 150 valence electrons. The van der Waals surface area contributed by atoms with E-state index in [0.29, 0.717) is 5.57 Å². The molecule has 0 aliphatic carbocycles. The first-order valence-corrected chi connectivity index (χ1v) is 10.5. The molecule has 1 aromatic carbocycles. The minimum absolute atomic E-state index is 0.0830. The molecule has 0 saturated carbocycles. The Hall–Kier alpha value is -2.25. The van der Waals surface area contributed by atoms with Gasteiger partial charge in [0.15, 0.2) is 0 Å². The number of aryl methyl sites for hydroxylation is 1. The smallest absolute Gasteiger partial charge is 0.336 e. The molecular weight excluding hydrogens is 374 g/mol. The number of fused-ring (bicyclic) bond motifs is 1. The Morgan fingerprint density at radius 1 is 1.29 bits per heavy atom. The average molecular weight is 402 g/mol. The number of carbonyl (C=O) groups is 2. The number of ether oxygens (including phenoxy) is 1. The van der Waals surface area contributed by atoms with Gasteiger partial charge in [0.1, 0.15) is 5.50 Å². The molecule has 1 saturated heterocycles. The number of allylic oxidation sites excluding steroid dienone is 1. The summed E-state index contributed by atoms with van der Waals surface area (Å²) in [5.74, 6) is -0.593. The highest BCUT2D eigenvalue weighted by Gasteiger charge is 2.48. The summed E-state index contributed by atoms with van der Waals surface area (Å²) < 4.78 is 5.33. The molecule has 6 nitrogen and oxygen atoms in total. The van der Waals surface area contributed by atoms with E-state index < -0.39 is 5.92 Å². The van der Waals surface area contributed by atoms with Gasteiger partial charge in [0.25, 0.3) is 0 Å². The minimum Gasteiger partial charge on any atom is -0.463 e. The summed E-state index contributed by atoms with van der Waals surface area (Å²) in [5, 5.41) is 9.81. The third-order valence-corrected chi connectivity index (χ3v) is 6.13. The maximum atomic E-state index is 13.1. The van der Waals surface area contributed by atoms with Gasteiger partial charge in [-0.2, -0.15) is 0 Å². The molecule has 0 spiro atoms. The number of hydrogen-bond acceptors (Lipinski definition) is 6. The van der Waals surface area contributed by atoms with Crippen LogP contribution in [0.1, 0.15) is 30.9 Å². The van der Waals surface area contributed by atoms with Crippen LogP contribution < -0.4 is 16.0 Å². The highest BCUT2D eigenvalue weighted by atomic mass is 32.2. The van der Waals surface area contributed by atoms with Crippen LogP contribution in [0.15, 0.2) is 48.2 Å². The van der Waals surface area contributed by atoms with Crippen molar-refractivity contribution in [1.29, 1.82) is 0 Å². The van der Waals surface area contributed by atoms with Gasteiger partial charge in [0, 0.05) is 17.4 Å². The zero-order valence-corrected chi connectivity index (χ0v) is 17.3. The summed E-state index contributed by atoms with van der Waals surface area (Å²) in [4.78, 5) is 25.9. The van der Waals surface area contributed by atoms with Crippen molar-refractivity contribution in [2.45, 2.75) is 38.4 Å². The van der Waals surface area contributed by atoms with Gasteiger partial charge >= 0.3 is 5.97 Å². The fourth-order valence-corrected chi connectivity index (χ4v) is 4.68. The molecule has 1 amide bonds. The summed E-state index contributed by atoms with van der Waals surface area (Å²) in [7, 11) is 0. The largest absolute Gasteiger partial charge is 0.463 e. The van der Waals surface area contributed by atoms with Crippen LogP contribution in [0.25, 0.3) is 0 Å². The van der Waals surface area contributed by atoms with Crippen LogP contribution in [-0.2, 0) is 14.3 Å². The van der Waals surface area contributed by atoms with Crippen molar-refractivity contribution >= 4 is 23.6 Å². The average Bonchev–Trinajstić information content (AvgIpc) is 2.65. The van der Waals surface area contributed by atoms with Gasteiger partial charge in [-0.25, -0.2) is 4.79 Å². The number of benzene rings is 1. The Morgan fingerprint density at radius 3 is 2.71 bits per heavy atom. The van der Waals surface area contributed by atoms with Crippen molar-refractivity contribution in [2.75, 3.05) is 12.4 Å². The van der Waals surface area contributed by atoms with Crippen LogP contribution in [0, 0.1) is 12.8 Å². The van der Waals surface area contributed by atoms with Crippen LogP contribution >= 0.6 is 11.8 Å². The zero-order chi connectivity index (χ0) is 20.3. The van der Waals surface area contributed by atoms with Gasteiger partial charge in [0.05, 0.1) is 24.3 Å². The maximum Gasteiger partial charge on any atom is 0.336 e. The predicted molar refractivity (Wildman–Crippen MR) is 111 cm³/mol. The summed E-state index contributed by atoms with van der Waals surface area (Å²) in [6.07, 6.45) is 1.53. The van der Waals surface area contributed by atoms with Crippen LogP contribution in [0.4, 0.5) is 0 Å². The Morgan fingerprint density at radius 2 is 2.04 bits per heavy atom. The van der Waals surface area contributed by atoms with Crippen molar-refractivity contribution in [3.63, 3.8) is 0 Å². The molecule has 2 aliphatic rings. The molecule has 0 aromatic heterocycles. The van der Waals surface area contributed by atoms with Gasteiger partial charge < -0.3 is 15.4 Å². The molecule has 28 heavy (non-hydrogen) atoms. The lowest BCUT2D eigenvalue weighted by Crippen LogP contribution is -2.67. The van der Waals surface area contributed by atoms with Gasteiger partial charge in [0.2, 0.25) is 5.91 Å². The van der Waals surface area contributed by atoms with E-state index >= 15 is 0 Å². The Bertz CT molecular complexity index is 808. The summed E-state index contributed by atoms with van der Waals surface area (Å²) in [6.45, 7) is 9.67. The molecule has 4 atom stereocenters. The van der Waals surface area contributed by atoms with Crippen LogP contribution in [0.3, 0.4) is 0 Å². The molecule has 3 rings (SSSR count). The van der Waals surface area contributed by atoms with Crippen molar-refractivity contribution in [1.82, 2.24) is 16.0 Å². The van der Waals surface area contributed by atoms with Gasteiger partial charge in [-0.1, -0.05) is 30.3 Å². The molecule has 7 heteroatoms. The van der Waals surface area contributed by atoms with E-state index in [0.717, 1.165) is 22.6 Å². The highest BCUT2D eigenvalue weighted by Crippen LogP contribution is 2.41. The number of amides is 1. The van der Waals surface area contributed by atoms with Crippen LogP contribution in [0.5, 0.6) is 0 Å². The second-order valence-corrected chi connectivity index (χ2v) is 8.06. The summed E-state index contributed by atoms with van der Waals surface area (Å²) in [6, 6.07) is 7.88. The van der Waals surface area contributed by atoms with E-state index in [-0.39, 0.29) is 36.1 Å². The van der Waals surface area contributed by atoms with Gasteiger partial charge in [-0.05, 0) is 31.9 Å². The van der Waals surface area contributed by atoms with E-state index in [1.54, 1.807) is 24.8 Å². The Labute approximate surface area is 170 Å². The third-order valence-electron chi connectivity index (χ3n) is 5.11. The molecule has 1 fully saturated rings. The van der Waals surface area contributed by atoms with Crippen molar-refractivity contribution in [3.8, 4) is 0 Å². The summed E-state index contributed by atoms with van der Waals surface area (Å²) in [5.41, 5.74) is 3.05. The van der Waals surface area contributed by atoms with Gasteiger partial charge in [-0.3, -0.25) is 10.1 Å². The SMILES string of the molecule is C=CCSC1NC(=O)C2C(NC(C)=C(C(=O)OCC)C2c2ccccc2C)N1. The van der Waals surface area contributed by atoms with E-state index in [9.17, 15) is 9.59 Å². The second kappa shape index (κ2) is 8.84. The van der Waals surface area contributed by atoms with Crippen molar-refractivity contribution < 1.29 is 14.3 Å². The van der Waals surface area contributed by atoms with Crippen molar-refractivity contribution in [2.24, 2.45) is 5.92 Å². The topological polar surface area (TPSA) is 79.5 Å². The molecule has 1 aromatic rings. The zero-order valence-electron chi connectivity index (χ0n) is 16.5. The molecule has 0 bridgehead atoms. The van der Waals surface area contributed by atoms with Crippen LogP contribution in [-0.4, -0.2) is 35.9 Å². The van der Waals surface area contributed by atoms with Crippen molar-refractivity contribution in [3.05, 3.63) is 59.3 Å². The van der Waals surface area contributed by atoms with E-state index in [1.807, 2.05) is 38.1 Å². The number of thioether (sulfide) groups is 1. The highest BCUT2D eigenvalue weighted by molar-refractivity contribution is 7.99. The van der Waals surface area contributed by atoms with E-state index in [1.165, 1.54) is 0 Å². The van der Waals surface area contributed by atoms with E-state index in [4.69, 9.17) is 4.74 Å². The Balaban J connectivity index is 2.04. The first kappa shape index (κ1) is 20.5. The molecule has 4 unspecified atom stereocenters. The fourth-order valence-electron chi connectivity index (χ4n) is 3.91. The first-order chi connectivity index (χ1) is 13.5. The number of esters is 1. The lowest BCUT2D eigenvalue weighted by molar-refractivity contribution is -0.139. The molecular formula is C21H27N3O3S. The first-order valence-electron chi connectivity index (χ1n) is 9.46. The normalized spacial score (nSPS) is 26.8. The second-order valence-electron chi connectivity index (χ2n) is 6.92. The summed E-state index contributed by atoms with van der Waals surface area (Å²) >= 11 is 1.56. The number of rotatable bonds is 6. The lowest BCUT2D eigenvalue weighted by atomic mass is 9.73. The quantitative estimate of drug-likeness (QED) is 0.502. The fraction of sp³-hybridized carbons (Fsp3) is 0.429. The molecule has 0 radical (unpaired) electrons.